The second-order valence-electron chi connectivity index (χ2n) is 7.29. The number of hydrogen-bond donors (Lipinski definition) is 1. The zero-order valence-electron chi connectivity index (χ0n) is 17.4. The highest BCUT2D eigenvalue weighted by Gasteiger charge is 2.18. The van der Waals surface area contributed by atoms with E-state index in [1.807, 2.05) is 4.90 Å². The molecular formula is C23H25ClF2N2O3. The maximum absolute atomic E-state index is 13.6. The van der Waals surface area contributed by atoms with E-state index in [1.165, 1.54) is 24.3 Å². The van der Waals surface area contributed by atoms with Crippen molar-refractivity contribution < 1.29 is 23.5 Å². The molecule has 1 N–H and O–H groups in total. The lowest BCUT2D eigenvalue weighted by molar-refractivity contribution is -0.133. The number of aliphatic carboxylic acids is 1. The lowest BCUT2D eigenvalue weighted by Crippen LogP contribution is -2.34. The van der Waals surface area contributed by atoms with Gasteiger partial charge in [-0.15, -0.1) is 12.4 Å². The molecule has 166 valence electrons. The highest BCUT2D eigenvalue weighted by atomic mass is 35.5. The quantitative estimate of drug-likeness (QED) is 0.383. The van der Waals surface area contributed by atoms with Crippen molar-refractivity contribution in [3.8, 4) is 0 Å². The van der Waals surface area contributed by atoms with Gasteiger partial charge in [-0.1, -0.05) is 11.2 Å². The molecule has 0 aliphatic carbocycles. The molecule has 31 heavy (non-hydrogen) atoms. The predicted octanol–water partition coefficient (Wildman–Crippen LogP) is 4.49. The Balaban J connectivity index is 0.00000341. The minimum atomic E-state index is -0.903. The van der Waals surface area contributed by atoms with Crippen molar-refractivity contribution >= 4 is 24.1 Å². The maximum atomic E-state index is 13.6. The van der Waals surface area contributed by atoms with Gasteiger partial charge in [0.25, 0.3) is 0 Å². The van der Waals surface area contributed by atoms with Crippen LogP contribution in [0.15, 0.2) is 53.2 Å². The molecule has 2 aromatic rings. The summed E-state index contributed by atoms with van der Waals surface area (Å²) in [6, 6.07) is 8.79. The third kappa shape index (κ3) is 6.35. The van der Waals surface area contributed by atoms with Crippen molar-refractivity contribution in [2.45, 2.75) is 20.3 Å². The predicted molar refractivity (Wildman–Crippen MR) is 118 cm³/mol. The van der Waals surface area contributed by atoms with E-state index in [0.29, 0.717) is 53.0 Å². The third-order valence-corrected chi connectivity index (χ3v) is 5.05. The molecule has 0 spiro atoms. The number of aryl methyl sites for hydroxylation is 2. The van der Waals surface area contributed by atoms with Crippen molar-refractivity contribution in [1.82, 2.24) is 4.90 Å². The Bertz CT molecular complexity index is 955. The van der Waals surface area contributed by atoms with Gasteiger partial charge in [-0.3, -0.25) is 4.90 Å². The zero-order chi connectivity index (χ0) is 21.7. The van der Waals surface area contributed by atoms with Gasteiger partial charge in [-0.25, -0.2) is 13.6 Å². The molecule has 1 heterocycles. The number of halogens is 3. The first-order chi connectivity index (χ1) is 14.3. The Morgan fingerprint density at radius 3 is 2.19 bits per heavy atom. The van der Waals surface area contributed by atoms with Crippen LogP contribution in [0.1, 0.15) is 28.7 Å². The van der Waals surface area contributed by atoms with Crippen LogP contribution in [-0.2, 0) is 9.63 Å². The minimum absolute atomic E-state index is 0. The van der Waals surface area contributed by atoms with Crippen LogP contribution in [0.2, 0.25) is 0 Å². The smallest absolute Gasteiger partial charge is 0.332 e. The monoisotopic (exact) mass is 450 g/mol. The van der Waals surface area contributed by atoms with Gasteiger partial charge in [0.2, 0.25) is 0 Å². The lowest BCUT2D eigenvalue weighted by atomic mass is 9.95. The van der Waals surface area contributed by atoms with Crippen molar-refractivity contribution in [2.75, 3.05) is 26.2 Å². The van der Waals surface area contributed by atoms with Crippen molar-refractivity contribution in [3.05, 3.63) is 81.9 Å². The number of oxime groups is 1. The molecule has 3 rings (SSSR count). The van der Waals surface area contributed by atoms with Gasteiger partial charge in [-0.05, 0) is 67.8 Å². The zero-order valence-corrected chi connectivity index (χ0v) is 18.2. The molecular weight excluding hydrogens is 426 g/mol. The van der Waals surface area contributed by atoms with Crippen LogP contribution < -0.4 is 0 Å². The molecule has 0 amide bonds. The van der Waals surface area contributed by atoms with Gasteiger partial charge in [0.15, 0.2) is 0 Å². The molecule has 0 bridgehead atoms. The fourth-order valence-corrected chi connectivity index (χ4v) is 3.46. The Kier molecular flexibility index (Phi) is 8.71. The van der Waals surface area contributed by atoms with E-state index in [0.717, 1.165) is 6.54 Å². The van der Waals surface area contributed by atoms with Crippen molar-refractivity contribution in [3.63, 3.8) is 0 Å². The summed E-state index contributed by atoms with van der Waals surface area (Å²) >= 11 is 0. The van der Waals surface area contributed by atoms with E-state index in [1.54, 1.807) is 32.1 Å². The number of rotatable bonds is 7. The van der Waals surface area contributed by atoms with Crippen LogP contribution in [0.3, 0.4) is 0 Å². The van der Waals surface area contributed by atoms with Gasteiger partial charge in [0.1, 0.15) is 24.0 Å². The number of hydrogen-bond acceptors (Lipinski definition) is 4. The minimum Gasteiger partial charge on any atom is -0.478 e. The second kappa shape index (κ2) is 11.0. The fourth-order valence-electron chi connectivity index (χ4n) is 3.46. The van der Waals surface area contributed by atoms with Crippen molar-refractivity contribution in [1.29, 1.82) is 0 Å². The second-order valence-corrected chi connectivity index (χ2v) is 7.29. The Labute approximate surface area is 186 Å². The lowest BCUT2D eigenvalue weighted by Gasteiger charge is -2.25. The van der Waals surface area contributed by atoms with Gasteiger partial charge in [-0.2, -0.15) is 0 Å². The summed E-state index contributed by atoms with van der Waals surface area (Å²) in [4.78, 5) is 18.7. The summed E-state index contributed by atoms with van der Waals surface area (Å²) in [5.41, 5.74) is 3.64. The van der Waals surface area contributed by atoms with E-state index >= 15 is 0 Å². The summed E-state index contributed by atoms with van der Waals surface area (Å²) in [6.07, 6.45) is 2.42. The largest absolute Gasteiger partial charge is 0.478 e. The van der Waals surface area contributed by atoms with Gasteiger partial charge < -0.3 is 9.94 Å². The Morgan fingerprint density at radius 2 is 1.68 bits per heavy atom. The Hall–Kier alpha value is -2.77. The molecule has 1 aliphatic rings. The number of carboxylic acid groups (broad SMARTS) is 1. The van der Waals surface area contributed by atoms with E-state index in [9.17, 15) is 13.6 Å². The molecule has 0 fully saturated rings. The third-order valence-electron chi connectivity index (χ3n) is 5.05. The highest BCUT2D eigenvalue weighted by molar-refractivity contribution is 6.14. The van der Waals surface area contributed by atoms with Crippen LogP contribution in [0.5, 0.6) is 0 Å². The van der Waals surface area contributed by atoms with E-state index in [4.69, 9.17) is 9.94 Å². The fraction of sp³-hybridized carbons (Fsp3) is 0.304. The first kappa shape index (κ1) is 24.5. The maximum Gasteiger partial charge on any atom is 0.332 e. The van der Waals surface area contributed by atoms with Gasteiger partial charge >= 0.3 is 5.97 Å². The molecule has 0 atom stereocenters. The Morgan fingerprint density at radius 1 is 1.10 bits per heavy atom. The average Bonchev–Trinajstić information content (AvgIpc) is 2.70. The summed E-state index contributed by atoms with van der Waals surface area (Å²) < 4.78 is 27.1. The molecule has 0 unspecified atom stereocenters. The highest BCUT2D eigenvalue weighted by Crippen LogP contribution is 2.20. The molecule has 0 radical (unpaired) electrons. The molecule has 5 nitrogen and oxygen atoms in total. The van der Waals surface area contributed by atoms with Gasteiger partial charge in [0.05, 0.1) is 0 Å². The summed E-state index contributed by atoms with van der Waals surface area (Å²) in [6.45, 7) is 5.46. The van der Waals surface area contributed by atoms with Crippen LogP contribution in [0, 0.1) is 25.5 Å². The number of carboxylic acids is 1. The van der Waals surface area contributed by atoms with Crippen LogP contribution >= 0.6 is 12.4 Å². The summed E-state index contributed by atoms with van der Waals surface area (Å²) in [7, 11) is 0. The molecule has 8 heteroatoms. The SMILES string of the molecule is Cc1cc(F)ccc1C(=NOCCN1CCC=C(C(=O)O)C1)c1ccc(F)cc1C.Cl. The number of nitrogens with zero attached hydrogens (tertiary/aromatic N) is 2. The molecule has 1 aliphatic heterocycles. The molecule has 0 saturated carbocycles. The van der Waals surface area contributed by atoms with E-state index < -0.39 is 5.97 Å². The average molecular weight is 451 g/mol. The molecule has 2 aromatic carbocycles. The normalized spacial score (nSPS) is 13.7. The first-order valence-electron chi connectivity index (χ1n) is 9.73. The van der Waals surface area contributed by atoms with Crippen LogP contribution in [-0.4, -0.2) is 47.9 Å². The van der Waals surface area contributed by atoms with Crippen molar-refractivity contribution in [2.24, 2.45) is 5.16 Å². The number of carbonyl (C=O) groups is 1. The number of benzene rings is 2. The van der Waals surface area contributed by atoms with E-state index in [2.05, 4.69) is 5.16 Å². The molecule has 0 aromatic heterocycles. The molecule has 0 saturated heterocycles. The van der Waals surface area contributed by atoms with Crippen LogP contribution in [0.25, 0.3) is 0 Å². The summed E-state index contributed by atoms with van der Waals surface area (Å²) in [5, 5.41) is 13.4. The topological polar surface area (TPSA) is 62.1 Å². The standard InChI is InChI=1S/C23H24F2N2O3.ClH/c1-15-12-18(24)5-7-20(15)22(21-8-6-19(25)13-16(21)2)26-30-11-10-27-9-3-4-17(14-27)23(28)29;/h4-8,12-13H,3,9-11,14H2,1-2H3,(H,28,29);1H. The first-order valence-corrected chi connectivity index (χ1v) is 9.73. The van der Waals surface area contributed by atoms with E-state index in [-0.39, 0.29) is 30.6 Å². The van der Waals surface area contributed by atoms with Crippen LogP contribution in [0.4, 0.5) is 8.78 Å². The van der Waals surface area contributed by atoms with Gasteiger partial charge in [0, 0.05) is 36.3 Å². The summed E-state index contributed by atoms with van der Waals surface area (Å²) in [5.74, 6) is -1.60.